The van der Waals surface area contributed by atoms with Gasteiger partial charge in [-0.15, -0.1) is 79.5 Å². The Morgan fingerprint density at radius 2 is 0.800 bits per heavy atom. The van der Waals surface area contributed by atoms with E-state index in [2.05, 4.69) is 116 Å². The molecule has 0 atom stereocenters. The summed E-state index contributed by atoms with van der Waals surface area (Å²) in [5, 5.41) is 10.8. The standard InChI is InChI=1S/2C13H9.C6H12O2.Zr/c2*1-3-7-12-10(5-1)9-11-6-2-4-8-13(11)12;1-4-7-6(3)8-5-2;/h2*1-9H;3-5H2,1-2H3;/q2*-1;;+2. The molecule has 35 heavy (non-hydrogen) atoms. The van der Waals surface area contributed by atoms with Crippen LogP contribution in [-0.2, 0) is 35.7 Å². The first-order valence-corrected chi connectivity index (χ1v) is 11.7. The molecule has 0 heterocycles. The summed E-state index contributed by atoms with van der Waals surface area (Å²) in [6.45, 7) is 8.52. The van der Waals surface area contributed by atoms with Crippen LogP contribution in [-0.4, -0.2) is 13.2 Å². The maximum atomic E-state index is 4.87. The minimum absolute atomic E-state index is 0. The molecular formula is C32H30O2Zr. The largest absolute Gasteiger partial charge is 2.00 e. The third-order valence-electron chi connectivity index (χ3n) is 5.66. The predicted octanol–water partition coefficient (Wildman–Crippen LogP) is 8.95. The van der Waals surface area contributed by atoms with E-state index in [-0.39, 0.29) is 26.2 Å². The van der Waals surface area contributed by atoms with Crippen LogP contribution in [0.25, 0.3) is 43.1 Å². The molecule has 0 aromatic heterocycles. The molecule has 6 aromatic carbocycles. The molecule has 0 radical (unpaired) electrons. The van der Waals surface area contributed by atoms with E-state index >= 15 is 0 Å². The van der Waals surface area contributed by atoms with Gasteiger partial charge in [-0.2, -0.15) is 0 Å². The van der Waals surface area contributed by atoms with Gasteiger partial charge in [0.2, 0.25) is 0 Å². The van der Waals surface area contributed by atoms with Gasteiger partial charge in [0.1, 0.15) is 0 Å². The van der Waals surface area contributed by atoms with Gasteiger partial charge in [-0.25, -0.2) is 0 Å². The molecule has 0 aliphatic carbocycles. The first kappa shape index (κ1) is 26.4. The predicted molar refractivity (Wildman–Crippen MR) is 146 cm³/mol. The molecule has 2 nitrogen and oxygen atoms in total. The quantitative estimate of drug-likeness (QED) is 0.165. The zero-order valence-electron chi connectivity index (χ0n) is 20.3. The van der Waals surface area contributed by atoms with Gasteiger partial charge in [0.15, 0.2) is 0 Å². The van der Waals surface area contributed by atoms with Crippen molar-refractivity contribution in [3.8, 4) is 0 Å². The van der Waals surface area contributed by atoms with Crippen LogP contribution in [0, 0.1) is 0 Å². The molecule has 0 saturated heterocycles. The van der Waals surface area contributed by atoms with Crippen LogP contribution in [0.4, 0.5) is 0 Å². The minimum Gasteiger partial charge on any atom is -0.466 e. The van der Waals surface area contributed by atoms with Crippen molar-refractivity contribution >= 4 is 43.1 Å². The third kappa shape index (κ3) is 6.50. The van der Waals surface area contributed by atoms with Gasteiger partial charge < -0.3 is 9.47 Å². The maximum absolute atomic E-state index is 4.87. The second-order valence-electron chi connectivity index (χ2n) is 7.88. The third-order valence-corrected chi connectivity index (χ3v) is 5.66. The van der Waals surface area contributed by atoms with Gasteiger partial charge in [-0.1, -0.05) is 72.8 Å². The summed E-state index contributed by atoms with van der Waals surface area (Å²) in [4.78, 5) is 0. The van der Waals surface area contributed by atoms with Crippen molar-refractivity contribution in [2.24, 2.45) is 0 Å². The zero-order valence-corrected chi connectivity index (χ0v) is 22.8. The number of fused-ring (bicyclic) bond motifs is 6. The number of hydrogen-bond acceptors (Lipinski definition) is 2. The summed E-state index contributed by atoms with van der Waals surface area (Å²) in [7, 11) is 0. The van der Waals surface area contributed by atoms with E-state index in [4.69, 9.17) is 9.47 Å². The molecule has 0 unspecified atom stereocenters. The summed E-state index contributed by atoms with van der Waals surface area (Å²) >= 11 is 0. The van der Waals surface area contributed by atoms with Crippen molar-refractivity contribution in [3.63, 3.8) is 0 Å². The van der Waals surface area contributed by atoms with E-state index in [9.17, 15) is 0 Å². The topological polar surface area (TPSA) is 18.5 Å². The molecule has 0 aliphatic rings. The van der Waals surface area contributed by atoms with Crippen LogP contribution in [0.3, 0.4) is 0 Å². The van der Waals surface area contributed by atoms with Gasteiger partial charge in [-0.05, 0) is 20.4 Å². The molecule has 0 amide bonds. The van der Waals surface area contributed by atoms with E-state index in [0.717, 1.165) is 0 Å². The van der Waals surface area contributed by atoms with Crippen molar-refractivity contribution in [1.82, 2.24) is 0 Å². The molecule has 0 N–H and O–H groups in total. The molecule has 0 saturated carbocycles. The van der Waals surface area contributed by atoms with E-state index in [1.165, 1.54) is 43.1 Å². The van der Waals surface area contributed by atoms with Crippen LogP contribution in [0.1, 0.15) is 13.8 Å². The van der Waals surface area contributed by atoms with Gasteiger partial charge in [-0.3, -0.25) is 0 Å². The van der Waals surface area contributed by atoms with Crippen molar-refractivity contribution in [2.45, 2.75) is 13.8 Å². The van der Waals surface area contributed by atoms with Crippen molar-refractivity contribution < 1.29 is 35.7 Å². The van der Waals surface area contributed by atoms with Crippen LogP contribution in [0.2, 0.25) is 0 Å². The maximum Gasteiger partial charge on any atom is 2.00 e. The molecule has 0 spiro atoms. The second kappa shape index (κ2) is 13.1. The first-order chi connectivity index (χ1) is 16.7. The normalized spacial score (nSPS) is 10.1. The fourth-order valence-electron chi connectivity index (χ4n) is 4.17. The Kier molecular flexibility index (Phi) is 9.88. The monoisotopic (exact) mass is 536 g/mol. The average Bonchev–Trinajstić information content (AvgIpc) is 3.44. The smallest absolute Gasteiger partial charge is 0.466 e. The summed E-state index contributed by atoms with van der Waals surface area (Å²) < 4.78 is 9.73. The number of benzene rings is 4. The first-order valence-electron chi connectivity index (χ1n) is 11.7. The zero-order chi connectivity index (χ0) is 23.8. The van der Waals surface area contributed by atoms with Gasteiger partial charge in [0.25, 0.3) is 5.95 Å². The molecule has 3 heteroatoms. The average molecular weight is 538 g/mol. The Morgan fingerprint density at radius 1 is 0.543 bits per heavy atom. The van der Waals surface area contributed by atoms with Crippen LogP contribution in [0.5, 0.6) is 0 Å². The second-order valence-corrected chi connectivity index (χ2v) is 7.88. The summed E-state index contributed by atoms with van der Waals surface area (Å²) in [5.74, 6) is 0.412. The fraction of sp³-hybridized carbons (Fsp3) is 0.125. The van der Waals surface area contributed by atoms with E-state index in [1.54, 1.807) is 0 Å². The molecule has 6 aromatic rings. The van der Waals surface area contributed by atoms with Crippen molar-refractivity contribution in [3.05, 3.63) is 122 Å². The van der Waals surface area contributed by atoms with E-state index in [0.29, 0.717) is 19.2 Å². The Bertz CT molecular complexity index is 1290. The van der Waals surface area contributed by atoms with Gasteiger partial charge in [0.05, 0.1) is 13.2 Å². The molecule has 0 fully saturated rings. The van der Waals surface area contributed by atoms with Crippen molar-refractivity contribution in [1.29, 1.82) is 0 Å². The SMILES string of the molecule is C=C(OCC)OCC.[Zr+2].c1ccc2c(c1)[cH-]c1ccccc12.c1ccc2c(c1)[cH-]c1ccccc12. The summed E-state index contributed by atoms with van der Waals surface area (Å²) in [5.41, 5.74) is 0. The molecular weight excluding hydrogens is 508 g/mol. The Balaban J connectivity index is 0.000000150. The Morgan fingerprint density at radius 3 is 1.06 bits per heavy atom. The summed E-state index contributed by atoms with van der Waals surface area (Å²) in [6, 6.07) is 38.5. The Hall–Kier alpha value is -3.16. The molecule has 0 aliphatic heterocycles. The van der Waals surface area contributed by atoms with Crippen LogP contribution < -0.4 is 0 Å². The molecule has 0 bridgehead atoms. The number of ether oxygens (including phenoxy) is 2. The van der Waals surface area contributed by atoms with Gasteiger partial charge >= 0.3 is 26.2 Å². The van der Waals surface area contributed by atoms with E-state index in [1.807, 2.05) is 13.8 Å². The van der Waals surface area contributed by atoms with Gasteiger partial charge in [0, 0.05) is 0 Å². The molecule has 174 valence electrons. The Labute approximate surface area is 226 Å². The van der Waals surface area contributed by atoms with E-state index < -0.39 is 0 Å². The number of rotatable bonds is 4. The molecule has 6 rings (SSSR count). The van der Waals surface area contributed by atoms with Crippen LogP contribution in [0.15, 0.2) is 122 Å². The van der Waals surface area contributed by atoms with Crippen LogP contribution >= 0.6 is 0 Å². The summed E-state index contributed by atoms with van der Waals surface area (Å²) in [6.07, 6.45) is 0. The van der Waals surface area contributed by atoms with Crippen molar-refractivity contribution in [2.75, 3.05) is 13.2 Å². The fourth-order valence-corrected chi connectivity index (χ4v) is 4.17. The number of hydrogen-bond donors (Lipinski definition) is 0. The minimum atomic E-state index is 0.